The Morgan fingerprint density at radius 3 is 2.94 bits per heavy atom. The van der Waals surface area contributed by atoms with Crippen LogP contribution in [0.15, 0.2) is 18.5 Å². The molecule has 5 heteroatoms. The summed E-state index contributed by atoms with van der Waals surface area (Å²) in [6.07, 6.45) is 4.49. The van der Waals surface area contributed by atoms with E-state index in [0.29, 0.717) is 6.54 Å². The van der Waals surface area contributed by atoms with Gasteiger partial charge in [0, 0.05) is 17.9 Å². The Bertz CT molecular complexity index is 515. The van der Waals surface area contributed by atoms with E-state index in [1.54, 1.807) is 6.20 Å². The van der Waals surface area contributed by atoms with Crippen LogP contribution in [0.5, 0.6) is 0 Å². The normalized spacial score (nSPS) is 12.0. The van der Waals surface area contributed by atoms with E-state index in [1.807, 2.05) is 23.7 Å². The average molecular weight is 233 g/mol. The quantitative estimate of drug-likeness (QED) is 0.841. The molecule has 0 spiro atoms. The minimum atomic E-state index is -0.0677. The fourth-order valence-corrected chi connectivity index (χ4v) is 1.88. The highest BCUT2D eigenvalue weighted by Gasteiger charge is 2.18. The zero-order valence-electron chi connectivity index (χ0n) is 10.6. The van der Waals surface area contributed by atoms with Gasteiger partial charge in [-0.05, 0) is 39.8 Å². The zero-order valence-corrected chi connectivity index (χ0v) is 10.6. The van der Waals surface area contributed by atoms with E-state index >= 15 is 0 Å². The molecule has 0 atom stereocenters. The van der Waals surface area contributed by atoms with Crippen LogP contribution in [0.1, 0.15) is 26.0 Å². The van der Waals surface area contributed by atoms with Crippen molar-refractivity contribution in [3.05, 3.63) is 24.2 Å². The number of anilines is 1. The summed E-state index contributed by atoms with van der Waals surface area (Å²) in [5, 5.41) is 7.79. The summed E-state index contributed by atoms with van der Waals surface area (Å²) in [5.74, 6) is 0.853. The summed E-state index contributed by atoms with van der Waals surface area (Å²) < 4.78 is 1.84. The first-order valence-electron chi connectivity index (χ1n) is 5.81. The second-order valence-corrected chi connectivity index (χ2v) is 4.94. The van der Waals surface area contributed by atoms with Crippen molar-refractivity contribution >= 4 is 11.3 Å². The molecule has 17 heavy (non-hydrogen) atoms. The van der Waals surface area contributed by atoms with Gasteiger partial charge in [-0.25, -0.2) is 9.50 Å². The van der Waals surface area contributed by atoms with E-state index in [4.69, 9.17) is 5.73 Å². The van der Waals surface area contributed by atoms with Crippen LogP contribution in [0.4, 0.5) is 5.82 Å². The Balaban J connectivity index is 2.35. The van der Waals surface area contributed by atoms with Gasteiger partial charge in [-0.3, -0.25) is 0 Å². The van der Waals surface area contributed by atoms with Gasteiger partial charge in [0.1, 0.15) is 5.52 Å². The fourth-order valence-electron chi connectivity index (χ4n) is 1.88. The molecule has 0 amide bonds. The third-order valence-corrected chi connectivity index (χ3v) is 2.74. The Morgan fingerprint density at radius 2 is 2.24 bits per heavy atom. The molecule has 5 nitrogen and oxygen atoms in total. The van der Waals surface area contributed by atoms with Crippen LogP contribution in [0.25, 0.3) is 5.52 Å². The number of nitrogens with zero attached hydrogens (tertiary/aromatic N) is 3. The third-order valence-electron chi connectivity index (χ3n) is 2.74. The van der Waals surface area contributed by atoms with Crippen molar-refractivity contribution < 1.29 is 0 Å². The van der Waals surface area contributed by atoms with Gasteiger partial charge in [-0.15, -0.1) is 0 Å². The van der Waals surface area contributed by atoms with Crippen molar-refractivity contribution in [2.24, 2.45) is 5.73 Å². The maximum absolute atomic E-state index is 5.61. The average Bonchev–Trinajstić information content (AvgIpc) is 2.58. The first-order valence-corrected chi connectivity index (χ1v) is 5.81. The van der Waals surface area contributed by atoms with Crippen LogP contribution >= 0.6 is 0 Å². The van der Waals surface area contributed by atoms with Gasteiger partial charge in [0.25, 0.3) is 0 Å². The molecular formula is C12H19N5. The molecule has 92 valence electrons. The number of nitrogens with one attached hydrogen (secondary N) is 1. The molecule has 2 rings (SSSR count). The number of aryl methyl sites for hydroxylation is 1. The van der Waals surface area contributed by atoms with Crippen molar-refractivity contribution in [1.29, 1.82) is 0 Å². The van der Waals surface area contributed by atoms with E-state index in [9.17, 15) is 0 Å². The third kappa shape index (κ3) is 2.55. The van der Waals surface area contributed by atoms with E-state index < -0.39 is 0 Å². The monoisotopic (exact) mass is 233 g/mol. The summed E-state index contributed by atoms with van der Waals surface area (Å²) in [6, 6.07) is 2.02. The number of aromatic nitrogens is 3. The Morgan fingerprint density at radius 1 is 1.47 bits per heavy atom. The summed E-state index contributed by atoms with van der Waals surface area (Å²) in [4.78, 5) is 4.37. The number of hydrogen-bond donors (Lipinski definition) is 2. The second kappa shape index (κ2) is 4.33. The Kier molecular flexibility index (Phi) is 3.02. The van der Waals surface area contributed by atoms with Gasteiger partial charge < -0.3 is 11.1 Å². The molecule has 2 heterocycles. The second-order valence-electron chi connectivity index (χ2n) is 4.94. The molecule has 0 unspecified atom stereocenters. The predicted molar refractivity (Wildman–Crippen MR) is 69.1 cm³/mol. The smallest absolute Gasteiger partial charge is 0.152 e. The molecule has 0 fully saturated rings. The van der Waals surface area contributed by atoms with Gasteiger partial charge in [0.15, 0.2) is 5.82 Å². The molecule has 0 radical (unpaired) electrons. The molecule has 2 aromatic heterocycles. The van der Waals surface area contributed by atoms with Crippen LogP contribution < -0.4 is 11.1 Å². The Labute approximate surface area is 101 Å². The molecule has 0 bridgehead atoms. The SMILES string of the molecule is Cc1cc2c(NC(C)(C)CCN)nccn2n1. The lowest BCUT2D eigenvalue weighted by Gasteiger charge is -2.26. The van der Waals surface area contributed by atoms with Gasteiger partial charge in [-0.1, -0.05) is 0 Å². The minimum Gasteiger partial charge on any atom is -0.363 e. The lowest BCUT2D eigenvalue weighted by Crippen LogP contribution is -2.34. The fraction of sp³-hybridized carbons (Fsp3) is 0.500. The zero-order chi connectivity index (χ0) is 12.5. The molecule has 2 aromatic rings. The van der Waals surface area contributed by atoms with Crippen LogP contribution in [-0.2, 0) is 0 Å². The molecule has 0 aliphatic rings. The molecule has 0 aromatic carbocycles. The Hall–Kier alpha value is -1.62. The van der Waals surface area contributed by atoms with Gasteiger partial charge >= 0.3 is 0 Å². The number of hydrogen-bond acceptors (Lipinski definition) is 4. The van der Waals surface area contributed by atoms with Crippen LogP contribution in [0.2, 0.25) is 0 Å². The maximum atomic E-state index is 5.61. The summed E-state index contributed by atoms with van der Waals surface area (Å²) in [7, 11) is 0. The highest BCUT2D eigenvalue weighted by atomic mass is 15.2. The molecule has 0 saturated heterocycles. The van der Waals surface area contributed by atoms with Crippen molar-refractivity contribution in [3.8, 4) is 0 Å². The highest BCUT2D eigenvalue weighted by molar-refractivity contribution is 5.68. The summed E-state index contributed by atoms with van der Waals surface area (Å²) in [5.41, 5.74) is 7.52. The highest BCUT2D eigenvalue weighted by Crippen LogP contribution is 2.20. The van der Waals surface area contributed by atoms with Crippen molar-refractivity contribution in [2.75, 3.05) is 11.9 Å². The molecule has 0 aliphatic carbocycles. The molecule has 3 N–H and O–H groups in total. The number of fused-ring (bicyclic) bond motifs is 1. The minimum absolute atomic E-state index is 0.0677. The molecule has 0 aliphatic heterocycles. The summed E-state index contributed by atoms with van der Waals surface area (Å²) >= 11 is 0. The molecule has 0 saturated carbocycles. The summed E-state index contributed by atoms with van der Waals surface area (Å²) in [6.45, 7) is 6.87. The van der Waals surface area contributed by atoms with E-state index in [-0.39, 0.29) is 5.54 Å². The van der Waals surface area contributed by atoms with E-state index in [2.05, 4.69) is 29.2 Å². The van der Waals surface area contributed by atoms with Crippen LogP contribution in [0, 0.1) is 6.92 Å². The first kappa shape index (κ1) is 11.9. The van der Waals surface area contributed by atoms with Gasteiger partial charge in [0.2, 0.25) is 0 Å². The maximum Gasteiger partial charge on any atom is 0.152 e. The van der Waals surface area contributed by atoms with Gasteiger partial charge in [0.05, 0.1) is 5.69 Å². The van der Waals surface area contributed by atoms with Crippen molar-refractivity contribution in [2.45, 2.75) is 32.7 Å². The number of nitrogens with two attached hydrogens (primary N) is 1. The lowest BCUT2D eigenvalue weighted by atomic mass is 10.0. The molecular weight excluding hydrogens is 214 g/mol. The predicted octanol–water partition coefficient (Wildman–Crippen LogP) is 1.58. The van der Waals surface area contributed by atoms with Crippen molar-refractivity contribution in [3.63, 3.8) is 0 Å². The first-order chi connectivity index (χ1) is 8.02. The largest absolute Gasteiger partial charge is 0.363 e. The van der Waals surface area contributed by atoms with E-state index in [0.717, 1.165) is 23.4 Å². The van der Waals surface area contributed by atoms with Crippen LogP contribution in [-0.4, -0.2) is 26.7 Å². The topological polar surface area (TPSA) is 68.2 Å². The van der Waals surface area contributed by atoms with Gasteiger partial charge in [-0.2, -0.15) is 5.10 Å². The standard InChI is InChI=1S/C12H19N5/c1-9-8-10-11(14-6-7-17(10)16-9)15-12(2,3)4-5-13/h6-8H,4-5,13H2,1-3H3,(H,14,15). The van der Waals surface area contributed by atoms with E-state index in [1.165, 1.54) is 0 Å². The lowest BCUT2D eigenvalue weighted by molar-refractivity contribution is 0.525. The van der Waals surface area contributed by atoms with Crippen LogP contribution in [0.3, 0.4) is 0 Å². The van der Waals surface area contributed by atoms with Crippen molar-refractivity contribution in [1.82, 2.24) is 14.6 Å². The number of rotatable bonds is 4.